The second-order valence-electron chi connectivity index (χ2n) is 6.19. The maximum atomic E-state index is 12.4. The van der Waals surface area contributed by atoms with E-state index in [-0.39, 0.29) is 17.2 Å². The van der Waals surface area contributed by atoms with Crippen LogP contribution in [-0.4, -0.2) is 5.91 Å². The van der Waals surface area contributed by atoms with E-state index in [1.807, 2.05) is 0 Å². The van der Waals surface area contributed by atoms with E-state index >= 15 is 0 Å². The number of thiophene rings is 1. The first-order valence-electron chi connectivity index (χ1n) is 6.79. The number of hydrogen-bond donors (Lipinski definition) is 1. The number of carbonyl (C=O) groups excluding carboxylic acids is 1. The highest BCUT2D eigenvalue weighted by Gasteiger charge is 2.41. The lowest BCUT2D eigenvalue weighted by molar-refractivity contribution is -0.133. The van der Waals surface area contributed by atoms with Gasteiger partial charge in [0.15, 0.2) is 0 Å². The minimum atomic E-state index is 0.135. The maximum Gasteiger partial charge on any atom is 0.224 e. The summed E-state index contributed by atoms with van der Waals surface area (Å²) in [7, 11) is 0. The molecule has 18 heavy (non-hydrogen) atoms. The van der Waals surface area contributed by atoms with Crippen LogP contribution in [0.25, 0.3) is 0 Å². The Morgan fingerprint density at radius 1 is 1.56 bits per heavy atom. The lowest BCUT2D eigenvalue weighted by Gasteiger charge is -2.41. The van der Waals surface area contributed by atoms with Crippen molar-refractivity contribution < 1.29 is 4.79 Å². The summed E-state index contributed by atoms with van der Waals surface area (Å²) in [4.78, 5) is 12.4. The fourth-order valence-electron chi connectivity index (χ4n) is 3.28. The maximum absolute atomic E-state index is 12.4. The molecule has 1 fully saturated rings. The molecule has 0 saturated heterocycles. The third-order valence-corrected chi connectivity index (χ3v) is 4.95. The zero-order valence-corrected chi connectivity index (χ0v) is 12.3. The van der Waals surface area contributed by atoms with Crippen molar-refractivity contribution in [3.05, 3.63) is 22.4 Å². The highest BCUT2D eigenvalue weighted by Crippen LogP contribution is 2.43. The number of rotatable bonds is 3. The van der Waals surface area contributed by atoms with Crippen LogP contribution in [0.4, 0.5) is 0 Å². The molecule has 1 saturated carbocycles. The summed E-state index contributed by atoms with van der Waals surface area (Å²) in [5, 5.41) is 7.25. The highest BCUT2D eigenvalue weighted by molar-refractivity contribution is 7.07. The van der Waals surface area contributed by atoms with Gasteiger partial charge in [0.25, 0.3) is 0 Å². The Morgan fingerprint density at radius 2 is 2.33 bits per heavy atom. The molecule has 0 bridgehead atoms. The van der Waals surface area contributed by atoms with E-state index < -0.39 is 0 Å². The van der Waals surface area contributed by atoms with Gasteiger partial charge < -0.3 is 5.32 Å². The summed E-state index contributed by atoms with van der Waals surface area (Å²) in [6.45, 7) is 7.35. The molecule has 1 N–H and O–H groups in total. The van der Waals surface area contributed by atoms with Crippen LogP contribution in [0, 0.1) is 17.3 Å². The topological polar surface area (TPSA) is 29.1 Å². The normalized spacial score (nSPS) is 26.8. The third-order valence-electron chi connectivity index (χ3n) is 4.22. The molecule has 2 atom stereocenters. The minimum absolute atomic E-state index is 0.135. The zero-order chi connectivity index (χ0) is 13.2. The number of amides is 1. The molecular weight excluding hydrogens is 242 g/mol. The second kappa shape index (κ2) is 5.43. The Bertz CT molecular complexity index is 397. The summed E-state index contributed by atoms with van der Waals surface area (Å²) in [5.41, 5.74) is 1.34. The molecule has 2 rings (SSSR count). The minimum Gasteiger partial charge on any atom is -0.352 e. The summed E-state index contributed by atoms with van der Waals surface area (Å²) in [6.07, 6.45) is 3.59. The molecule has 100 valence electrons. The van der Waals surface area contributed by atoms with E-state index in [0.29, 0.717) is 12.5 Å². The van der Waals surface area contributed by atoms with Crippen molar-refractivity contribution in [2.75, 3.05) is 0 Å². The molecule has 2 nitrogen and oxygen atoms in total. The van der Waals surface area contributed by atoms with Crippen LogP contribution in [-0.2, 0) is 11.3 Å². The number of carbonyl (C=O) groups is 1. The molecular formula is C15H23NOS. The largest absolute Gasteiger partial charge is 0.352 e. The van der Waals surface area contributed by atoms with Crippen molar-refractivity contribution in [2.45, 2.75) is 46.6 Å². The monoisotopic (exact) mass is 265 g/mol. The molecule has 1 aliphatic carbocycles. The van der Waals surface area contributed by atoms with Gasteiger partial charge in [-0.2, -0.15) is 11.3 Å². The Hall–Kier alpha value is -0.830. The predicted octanol–water partition coefficient (Wildman–Crippen LogP) is 3.83. The van der Waals surface area contributed by atoms with Crippen molar-refractivity contribution in [1.29, 1.82) is 0 Å². The third kappa shape index (κ3) is 2.94. The zero-order valence-electron chi connectivity index (χ0n) is 11.5. The van der Waals surface area contributed by atoms with Gasteiger partial charge in [-0.15, -0.1) is 0 Å². The second-order valence-corrected chi connectivity index (χ2v) is 6.97. The first-order chi connectivity index (χ1) is 8.50. The van der Waals surface area contributed by atoms with Crippen molar-refractivity contribution in [3.63, 3.8) is 0 Å². The van der Waals surface area contributed by atoms with Gasteiger partial charge in [0.2, 0.25) is 5.91 Å². The van der Waals surface area contributed by atoms with Crippen molar-refractivity contribution in [1.82, 2.24) is 5.32 Å². The molecule has 1 amide bonds. The van der Waals surface area contributed by atoms with Gasteiger partial charge in [-0.3, -0.25) is 4.79 Å². The van der Waals surface area contributed by atoms with Crippen LogP contribution in [0.2, 0.25) is 0 Å². The summed E-state index contributed by atoms with van der Waals surface area (Å²) < 4.78 is 0. The first-order valence-corrected chi connectivity index (χ1v) is 7.74. The molecule has 0 aliphatic heterocycles. The van der Waals surface area contributed by atoms with Crippen LogP contribution in [0.1, 0.15) is 45.6 Å². The Balaban J connectivity index is 1.98. The number of hydrogen-bond acceptors (Lipinski definition) is 2. The van der Waals surface area contributed by atoms with E-state index in [1.54, 1.807) is 11.3 Å². The SMILES string of the molecule is C[C@H]1CCCC(C)(C)C1C(=O)NCc1ccsc1. The lowest BCUT2D eigenvalue weighted by Crippen LogP contribution is -2.44. The first kappa shape index (κ1) is 13.6. The van der Waals surface area contributed by atoms with E-state index in [9.17, 15) is 4.79 Å². The fourth-order valence-corrected chi connectivity index (χ4v) is 3.95. The Morgan fingerprint density at radius 3 is 2.94 bits per heavy atom. The molecule has 1 aromatic rings. The average Bonchev–Trinajstić information content (AvgIpc) is 2.77. The molecule has 0 aromatic carbocycles. The Labute approximate surface area is 114 Å². The lowest BCUT2D eigenvalue weighted by atomic mass is 9.64. The van der Waals surface area contributed by atoms with Crippen LogP contribution in [0.15, 0.2) is 16.8 Å². The molecule has 1 aliphatic rings. The average molecular weight is 265 g/mol. The molecule has 0 spiro atoms. The molecule has 1 heterocycles. The van der Waals surface area contributed by atoms with Crippen LogP contribution in [0.5, 0.6) is 0 Å². The van der Waals surface area contributed by atoms with E-state index in [2.05, 4.69) is 42.9 Å². The van der Waals surface area contributed by atoms with Gasteiger partial charge in [0.1, 0.15) is 0 Å². The summed E-state index contributed by atoms with van der Waals surface area (Å²) in [5.74, 6) is 0.888. The van der Waals surface area contributed by atoms with Crippen LogP contribution >= 0.6 is 11.3 Å². The van der Waals surface area contributed by atoms with E-state index in [4.69, 9.17) is 0 Å². The van der Waals surface area contributed by atoms with Crippen molar-refractivity contribution in [3.8, 4) is 0 Å². The highest BCUT2D eigenvalue weighted by atomic mass is 32.1. The quantitative estimate of drug-likeness (QED) is 0.884. The molecule has 1 aromatic heterocycles. The van der Waals surface area contributed by atoms with Crippen LogP contribution < -0.4 is 5.32 Å². The van der Waals surface area contributed by atoms with Gasteiger partial charge in [-0.1, -0.05) is 27.2 Å². The predicted molar refractivity (Wildman–Crippen MR) is 76.5 cm³/mol. The van der Waals surface area contributed by atoms with Gasteiger partial charge in [0, 0.05) is 12.5 Å². The van der Waals surface area contributed by atoms with Gasteiger partial charge in [-0.05, 0) is 46.6 Å². The smallest absolute Gasteiger partial charge is 0.224 e. The molecule has 1 unspecified atom stereocenters. The summed E-state index contributed by atoms with van der Waals surface area (Å²) >= 11 is 1.68. The fraction of sp³-hybridized carbons (Fsp3) is 0.667. The van der Waals surface area contributed by atoms with Crippen molar-refractivity contribution >= 4 is 17.2 Å². The molecule has 0 radical (unpaired) electrons. The Kier molecular flexibility index (Phi) is 4.10. The van der Waals surface area contributed by atoms with Crippen molar-refractivity contribution in [2.24, 2.45) is 17.3 Å². The molecule has 3 heteroatoms. The summed E-state index contributed by atoms with van der Waals surface area (Å²) in [6, 6.07) is 2.07. The van der Waals surface area contributed by atoms with Gasteiger partial charge in [0.05, 0.1) is 0 Å². The van der Waals surface area contributed by atoms with Crippen LogP contribution in [0.3, 0.4) is 0 Å². The standard InChI is InChI=1S/C15H23NOS/c1-11-5-4-7-15(2,3)13(11)14(17)16-9-12-6-8-18-10-12/h6,8,10-11,13H,4-5,7,9H2,1-3H3,(H,16,17)/t11-,13?/m0/s1. The van der Waals surface area contributed by atoms with Gasteiger partial charge in [-0.25, -0.2) is 0 Å². The van der Waals surface area contributed by atoms with E-state index in [1.165, 1.54) is 18.4 Å². The van der Waals surface area contributed by atoms with E-state index in [0.717, 1.165) is 6.42 Å². The number of nitrogens with one attached hydrogen (secondary N) is 1. The van der Waals surface area contributed by atoms with Gasteiger partial charge >= 0.3 is 0 Å².